The molecule has 0 spiro atoms. The Morgan fingerprint density at radius 2 is 2.38 bits per heavy atom. The van der Waals surface area contributed by atoms with Gasteiger partial charge in [0.25, 0.3) is 0 Å². The summed E-state index contributed by atoms with van der Waals surface area (Å²) in [5.74, 6) is 0.373. The molecular formula is C12H18O. The maximum atomic E-state index is 11.3. The zero-order chi connectivity index (χ0) is 9.84. The van der Waals surface area contributed by atoms with Crippen LogP contribution in [0, 0.1) is 5.92 Å². The van der Waals surface area contributed by atoms with Crippen LogP contribution in [0.15, 0.2) is 23.8 Å². The van der Waals surface area contributed by atoms with Crippen LogP contribution in [0.4, 0.5) is 0 Å². The van der Waals surface area contributed by atoms with Crippen LogP contribution in [0.2, 0.25) is 0 Å². The summed E-state index contributed by atoms with van der Waals surface area (Å²) in [6, 6.07) is 0. The quantitative estimate of drug-likeness (QED) is 0.648. The van der Waals surface area contributed by atoms with Crippen molar-refractivity contribution in [1.82, 2.24) is 0 Å². The summed E-state index contributed by atoms with van der Waals surface area (Å²) in [5, 5.41) is 0. The summed E-state index contributed by atoms with van der Waals surface area (Å²) in [4.78, 5) is 11.3. The van der Waals surface area contributed by atoms with Gasteiger partial charge in [0, 0.05) is 5.92 Å². The molecule has 0 aromatic rings. The molecule has 0 aromatic carbocycles. The van der Waals surface area contributed by atoms with E-state index in [1.54, 1.807) is 6.92 Å². The molecule has 0 bridgehead atoms. The second-order valence-corrected chi connectivity index (χ2v) is 3.75. The highest BCUT2D eigenvalue weighted by atomic mass is 16.1. The number of Topliss-reactive ketones (excluding diaryl/α,β-unsaturated/α-hetero) is 1. The van der Waals surface area contributed by atoms with Crippen LogP contribution in [0.1, 0.15) is 39.5 Å². The Bertz CT molecular complexity index is 248. The topological polar surface area (TPSA) is 17.1 Å². The molecule has 1 rings (SSSR count). The van der Waals surface area contributed by atoms with Crippen molar-refractivity contribution in [3.8, 4) is 0 Å². The van der Waals surface area contributed by atoms with Gasteiger partial charge in [-0.15, -0.1) is 0 Å². The van der Waals surface area contributed by atoms with E-state index in [9.17, 15) is 4.79 Å². The van der Waals surface area contributed by atoms with E-state index in [1.807, 2.05) is 0 Å². The first-order valence-electron chi connectivity index (χ1n) is 5.05. The lowest BCUT2D eigenvalue weighted by Gasteiger charge is -2.23. The van der Waals surface area contributed by atoms with Crippen molar-refractivity contribution >= 4 is 5.78 Å². The molecule has 13 heavy (non-hydrogen) atoms. The van der Waals surface area contributed by atoms with Crippen LogP contribution in [0.25, 0.3) is 0 Å². The molecule has 0 amide bonds. The molecule has 1 aliphatic rings. The molecule has 0 N–H and O–H groups in total. The van der Waals surface area contributed by atoms with E-state index in [4.69, 9.17) is 0 Å². The van der Waals surface area contributed by atoms with Gasteiger partial charge in [0.05, 0.1) is 0 Å². The maximum absolute atomic E-state index is 11.3. The molecule has 72 valence electrons. The van der Waals surface area contributed by atoms with Crippen LogP contribution in [0.3, 0.4) is 0 Å². The van der Waals surface area contributed by atoms with Gasteiger partial charge in [0.2, 0.25) is 0 Å². The molecule has 0 aromatic heterocycles. The van der Waals surface area contributed by atoms with E-state index in [2.05, 4.69) is 19.6 Å². The average Bonchev–Trinajstić information content (AvgIpc) is 2.08. The highest BCUT2D eigenvalue weighted by molar-refractivity contribution is 5.82. The summed E-state index contributed by atoms with van der Waals surface area (Å²) in [7, 11) is 0. The Morgan fingerprint density at radius 3 is 2.92 bits per heavy atom. The smallest absolute Gasteiger partial charge is 0.137 e. The van der Waals surface area contributed by atoms with Crippen molar-refractivity contribution in [3.63, 3.8) is 0 Å². The van der Waals surface area contributed by atoms with E-state index in [-0.39, 0.29) is 11.7 Å². The second-order valence-electron chi connectivity index (χ2n) is 3.75. The minimum atomic E-state index is 0.103. The Labute approximate surface area is 80.5 Å². The monoisotopic (exact) mass is 178 g/mol. The Hall–Kier alpha value is -0.850. The summed E-state index contributed by atoms with van der Waals surface area (Å²) in [6.07, 6.45) is 6.45. The fraction of sp³-hybridized carbons (Fsp3) is 0.583. The van der Waals surface area contributed by atoms with E-state index >= 15 is 0 Å². The van der Waals surface area contributed by atoms with Crippen molar-refractivity contribution < 1.29 is 4.79 Å². The lowest BCUT2D eigenvalue weighted by molar-refractivity contribution is -0.119. The molecular weight excluding hydrogens is 160 g/mol. The Morgan fingerprint density at radius 1 is 1.69 bits per heavy atom. The largest absolute Gasteiger partial charge is 0.299 e. The van der Waals surface area contributed by atoms with Gasteiger partial charge in [-0.1, -0.05) is 26.0 Å². The molecule has 1 unspecified atom stereocenters. The van der Waals surface area contributed by atoms with E-state index < -0.39 is 0 Å². The first-order valence-corrected chi connectivity index (χ1v) is 5.05. The summed E-state index contributed by atoms with van der Waals surface area (Å²) in [5.41, 5.74) is 2.38. The second kappa shape index (κ2) is 4.40. The van der Waals surface area contributed by atoms with Crippen molar-refractivity contribution in [2.45, 2.75) is 39.5 Å². The summed E-state index contributed by atoms with van der Waals surface area (Å²) >= 11 is 0. The van der Waals surface area contributed by atoms with Gasteiger partial charge in [0.15, 0.2) is 0 Å². The third kappa shape index (κ3) is 2.30. The number of ketones is 1. The van der Waals surface area contributed by atoms with Crippen LogP contribution in [-0.4, -0.2) is 5.78 Å². The zero-order valence-corrected chi connectivity index (χ0v) is 8.60. The lowest BCUT2D eigenvalue weighted by atomic mass is 9.81. The molecule has 0 heterocycles. The SMILES string of the molecule is C=C1C(CCC)=CCCC1C(C)=O. The molecule has 0 fully saturated rings. The average molecular weight is 178 g/mol. The highest BCUT2D eigenvalue weighted by Crippen LogP contribution is 2.31. The van der Waals surface area contributed by atoms with Gasteiger partial charge in [-0.2, -0.15) is 0 Å². The molecule has 1 aliphatic carbocycles. The van der Waals surface area contributed by atoms with Crippen LogP contribution in [-0.2, 0) is 4.79 Å². The summed E-state index contributed by atoms with van der Waals surface area (Å²) in [6.45, 7) is 7.86. The number of hydrogen-bond donors (Lipinski definition) is 0. The van der Waals surface area contributed by atoms with Gasteiger partial charge in [-0.3, -0.25) is 4.79 Å². The standard InChI is InChI=1S/C12H18O/c1-4-6-11-7-5-8-12(9(11)2)10(3)13/h7,12H,2,4-6,8H2,1,3H3. The van der Waals surface area contributed by atoms with E-state index in [1.165, 1.54) is 5.57 Å². The number of allylic oxidation sites excluding steroid dienone is 3. The zero-order valence-electron chi connectivity index (χ0n) is 8.60. The Kier molecular flexibility index (Phi) is 3.47. The molecule has 0 saturated heterocycles. The first kappa shape index (κ1) is 10.2. The fourth-order valence-electron chi connectivity index (χ4n) is 1.93. The van der Waals surface area contributed by atoms with Crippen LogP contribution in [0.5, 0.6) is 0 Å². The van der Waals surface area contributed by atoms with Crippen molar-refractivity contribution in [2.24, 2.45) is 5.92 Å². The number of hydrogen-bond acceptors (Lipinski definition) is 1. The van der Waals surface area contributed by atoms with Crippen molar-refractivity contribution in [2.75, 3.05) is 0 Å². The fourth-order valence-corrected chi connectivity index (χ4v) is 1.93. The third-order valence-electron chi connectivity index (χ3n) is 2.69. The Balaban J connectivity index is 2.73. The lowest BCUT2D eigenvalue weighted by Crippen LogP contribution is -2.17. The highest BCUT2D eigenvalue weighted by Gasteiger charge is 2.22. The molecule has 0 radical (unpaired) electrons. The molecule has 0 saturated carbocycles. The molecule has 1 nitrogen and oxygen atoms in total. The summed E-state index contributed by atoms with van der Waals surface area (Å²) < 4.78 is 0. The number of rotatable bonds is 3. The van der Waals surface area contributed by atoms with Crippen molar-refractivity contribution in [1.29, 1.82) is 0 Å². The van der Waals surface area contributed by atoms with E-state index in [0.29, 0.717) is 0 Å². The first-order chi connectivity index (χ1) is 6.16. The van der Waals surface area contributed by atoms with Crippen LogP contribution < -0.4 is 0 Å². The van der Waals surface area contributed by atoms with Gasteiger partial charge >= 0.3 is 0 Å². The molecule has 1 atom stereocenters. The minimum absolute atomic E-state index is 0.103. The molecule has 0 aliphatic heterocycles. The predicted molar refractivity (Wildman–Crippen MR) is 55.5 cm³/mol. The van der Waals surface area contributed by atoms with Gasteiger partial charge in [0.1, 0.15) is 5.78 Å². The predicted octanol–water partition coefficient (Wildman–Crippen LogP) is 3.27. The number of carbonyl (C=O) groups is 1. The van der Waals surface area contributed by atoms with E-state index in [0.717, 1.165) is 31.3 Å². The normalized spacial score (nSPS) is 22.8. The van der Waals surface area contributed by atoms with Gasteiger partial charge in [-0.25, -0.2) is 0 Å². The van der Waals surface area contributed by atoms with Gasteiger partial charge < -0.3 is 0 Å². The third-order valence-corrected chi connectivity index (χ3v) is 2.69. The number of carbonyl (C=O) groups excluding carboxylic acids is 1. The van der Waals surface area contributed by atoms with Gasteiger partial charge in [-0.05, 0) is 37.3 Å². The van der Waals surface area contributed by atoms with Crippen LogP contribution >= 0.6 is 0 Å². The maximum Gasteiger partial charge on any atom is 0.137 e. The van der Waals surface area contributed by atoms with Crippen molar-refractivity contribution in [3.05, 3.63) is 23.8 Å². The minimum Gasteiger partial charge on any atom is -0.299 e. The molecule has 1 heteroatoms.